The van der Waals surface area contributed by atoms with E-state index < -0.39 is 0 Å². The molecular weight excluding hydrogens is 250 g/mol. The Labute approximate surface area is 119 Å². The summed E-state index contributed by atoms with van der Waals surface area (Å²) in [5.41, 5.74) is 3.40. The van der Waals surface area contributed by atoms with Crippen LogP contribution in [0.4, 0.5) is 11.4 Å². The monoisotopic (exact) mass is 269 g/mol. The van der Waals surface area contributed by atoms with Gasteiger partial charge in [-0.3, -0.25) is 9.78 Å². The van der Waals surface area contributed by atoms with Gasteiger partial charge in [0.25, 0.3) is 5.91 Å². The highest BCUT2D eigenvalue weighted by Gasteiger charge is 2.17. The fourth-order valence-electron chi connectivity index (χ4n) is 2.04. The zero-order valence-corrected chi connectivity index (χ0v) is 12.1. The smallest absolute Gasteiger partial charge is 0.261 e. The van der Waals surface area contributed by atoms with Crippen molar-refractivity contribution >= 4 is 17.3 Å². The van der Waals surface area contributed by atoms with Crippen LogP contribution in [-0.4, -0.2) is 24.5 Å². The normalized spacial score (nSPS) is 10.2. The molecule has 1 amide bonds. The quantitative estimate of drug-likeness (QED) is 0.927. The molecule has 0 unspecified atom stereocenters. The highest BCUT2D eigenvalue weighted by molar-refractivity contribution is 6.09. The van der Waals surface area contributed by atoms with Crippen molar-refractivity contribution in [2.45, 2.75) is 13.8 Å². The maximum atomic E-state index is 12.6. The highest BCUT2D eigenvalue weighted by atomic mass is 16.2. The molecule has 0 fully saturated rings. The van der Waals surface area contributed by atoms with Gasteiger partial charge >= 0.3 is 0 Å². The zero-order valence-electron chi connectivity index (χ0n) is 12.1. The summed E-state index contributed by atoms with van der Waals surface area (Å²) >= 11 is 0. The van der Waals surface area contributed by atoms with Crippen molar-refractivity contribution in [1.82, 2.24) is 4.98 Å². The van der Waals surface area contributed by atoms with Gasteiger partial charge in [-0.25, -0.2) is 0 Å². The van der Waals surface area contributed by atoms with Crippen molar-refractivity contribution in [3.8, 4) is 0 Å². The molecule has 0 aliphatic carbocycles. The van der Waals surface area contributed by atoms with Gasteiger partial charge in [-0.1, -0.05) is 12.1 Å². The number of nitrogens with one attached hydrogen (secondary N) is 1. The summed E-state index contributed by atoms with van der Waals surface area (Å²) in [5, 5.41) is 3.19. The zero-order chi connectivity index (χ0) is 14.5. The van der Waals surface area contributed by atoms with Crippen LogP contribution in [0.2, 0.25) is 0 Å². The van der Waals surface area contributed by atoms with Gasteiger partial charge in [-0.15, -0.1) is 0 Å². The number of anilines is 2. The Morgan fingerprint density at radius 2 is 2.15 bits per heavy atom. The molecule has 0 spiro atoms. The fourth-order valence-corrected chi connectivity index (χ4v) is 2.04. The Kier molecular flexibility index (Phi) is 4.35. The van der Waals surface area contributed by atoms with Crippen molar-refractivity contribution in [2.24, 2.45) is 0 Å². The third-order valence-corrected chi connectivity index (χ3v) is 3.11. The first-order valence-electron chi connectivity index (χ1n) is 6.66. The molecule has 2 rings (SSSR count). The SMILES string of the molecule is CCNc1ccncc1C(=O)N(C)c1cccc(C)c1. The Morgan fingerprint density at radius 1 is 1.35 bits per heavy atom. The third-order valence-electron chi connectivity index (χ3n) is 3.11. The standard InChI is InChI=1S/C16H19N3O/c1-4-18-15-8-9-17-11-14(15)16(20)19(3)13-7-5-6-12(2)10-13/h5-11H,4H2,1-3H3,(H,17,18). The summed E-state index contributed by atoms with van der Waals surface area (Å²) in [7, 11) is 1.78. The minimum absolute atomic E-state index is 0.0698. The molecule has 0 atom stereocenters. The van der Waals surface area contributed by atoms with Crippen LogP contribution in [0.1, 0.15) is 22.8 Å². The molecule has 1 aromatic carbocycles. The van der Waals surface area contributed by atoms with Crippen LogP contribution in [-0.2, 0) is 0 Å². The van der Waals surface area contributed by atoms with E-state index in [1.807, 2.05) is 44.2 Å². The molecule has 104 valence electrons. The van der Waals surface area contributed by atoms with Gasteiger partial charge in [0.15, 0.2) is 0 Å². The number of aromatic nitrogens is 1. The van der Waals surface area contributed by atoms with E-state index in [0.29, 0.717) is 5.56 Å². The summed E-state index contributed by atoms with van der Waals surface area (Å²) in [5.74, 6) is -0.0698. The van der Waals surface area contributed by atoms with E-state index in [-0.39, 0.29) is 5.91 Å². The van der Waals surface area contributed by atoms with Crippen molar-refractivity contribution in [1.29, 1.82) is 0 Å². The molecule has 0 aliphatic rings. The Morgan fingerprint density at radius 3 is 2.85 bits per heavy atom. The maximum Gasteiger partial charge on any atom is 0.261 e. The second-order valence-electron chi connectivity index (χ2n) is 4.65. The summed E-state index contributed by atoms with van der Waals surface area (Å²) in [4.78, 5) is 18.3. The largest absolute Gasteiger partial charge is 0.385 e. The average molecular weight is 269 g/mol. The van der Waals surface area contributed by atoms with Gasteiger partial charge < -0.3 is 10.2 Å². The van der Waals surface area contributed by atoms with E-state index >= 15 is 0 Å². The summed E-state index contributed by atoms with van der Waals surface area (Å²) in [6.07, 6.45) is 3.29. The molecule has 0 radical (unpaired) electrons. The van der Waals surface area contributed by atoms with Crippen LogP contribution in [0.15, 0.2) is 42.7 Å². The lowest BCUT2D eigenvalue weighted by Gasteiger charge is -2.19. The van der Waals surface area contributed by atoms with E-state index in [4.69, 9.17) is 0 Å². The van der Waals surface area contributed by atoms with E-state index in [0.717, 1.165) is 23.5 Å². The molecule has 0 bridgehead atoms. The molecule has 4 heteroatoms. The molecule has 0 saturated carbocycles. The first kappa shape index (κ1) is 14.1. The lowest BCUT2D eigenvalue weighted by atomic mass is 10.1. The van der Waals surface area contributed by atoms with Crippen LogP contribution in [0.3, 0.4) is 0 Å². The molecule has 20 heavy (non-hydrogen) atoms. The predicted molar refractivity (Wildman–Crippen MR) is 82.3 cm³/mol. The molecular formula is C16H19N3O. The van der Waals surface area contributed by atoms with Crippen LogP contribution < -0.4 is 10.2 Å². The lowest BCUT2D eigenvalue weighted by Crippen LogP contribution is -2.27. The Hall–Kier alpha value is -2.36. The van der Waals surface area contributed by atoms with Crippen molar-refractivity contribution in [2.75, 3.05) is 23.8 Å². The number of hydrogen-bond donors (Lipinski definition) is 1. The first-order valence-corrected chi connectivity index (χ1v) is 6.66. The number of benzene rings is 1. The third kappa shape index (κ3) is 2.96. The van der Waals surface area contributed by atoms with Gasteiger partial charge in [-0.05, 0) is 37.6 Å². The number of nitrogens with zero attached hydrogens (tertiary/aromatic N) is 2. The lowest BCUT2D eigenvalue weighted by molar-refractivity contribution is 0.0993. The number of pyridine rings is 1. The predicted octanol–water partition coefficient (Wildman–Crippen LogP) is 3.10. The number of amides is 1. The van der Waals surface area contributed by atoms with Gasteiger partial charge in [-0.2, -0.15) is 0 Å². The number of rotatable bonds is 4. The Balaban J connectivity index is 2.31. The van der Waals surface area contributed by atoms with Crippen molar-refractivity contribution in [3.63, 3.8) is 0 Å². The molecule has 1 N–H and O–H groups in total. The van der Waals surface area contributed by atoms with Gasteiger partial charge in [0, 0.05) is 31.7 Å². The Bertz CT molecular complexity index is 610. The van der Waals surface area contributed by atoms with Gasteiger partial charge in [0.2, 0.25) is 0 Å². The maximum absolute atomic E-state index is 12.6. The molecule has 4 nitrogen and oxygen atoms in total. The van der Waals surface area contributed by atoms with Crippen LogP contribution in [0.25, 0.3) is 0 Å². The van der Waals surface area contributed by atoms with E-state index in [1.54, 1.807) is 24.3 Å². The molecule has 1 heterocycles. The first-order chi connectivity index (χ1) is 9.63. The topological polar surface area (TPSA) is 45.2 Å². The average Bonchev–Trinajstić information content (AvgIpc) is 2.47. The van der Waals surface area contributed by atoms with E-state index in [1.165, 1.54) is 0 Å². The number of aryl methyl sites for hydroxylation is 1. The van der Waals surface area contributed by atoms with E-state index in [2.05, 4.69) is 10.3 Å². The highest BCUT2D eigenvalue weighted by Crippen LogP contribution is 2.20. The minimum atomic E-state index is -0.0698. The van der Waals surface area contributed by atoms with Crippen molar-refractivity contribution < 1.29 is 4.79 Å². The summed E-state index contributed by atoms with van der Waals surface area (Å²) < 4.78 is 0. The van der Waals surface area contributed by atoms with E-state index in [9.17, 15) is 4.79 Å². The summed E-state index contributed by atoms with van der Waals surface area (Å²) in [6.45, 7) is 4.77. The summed E-state index contributed by atoms with van der Waals surface area (Å²) in [6, 6.07) is 9.69. The van der Waals surface area contributed by atoms with Crippen LogP contribution in [0, 0.1) is 6.92 Å². The van der Waals surface area contributed by atoms with Gasteiger partial charge in [0.05, 0.1) is 11.3 Å². The minimum Gasteiger partial charge on any atom is -0.385 e. The van der Waals surface area contributed by atoms with Crippen molar-refractivity contribution in [3.05, 3.63) is 53.9 Å². The molecule has 0 aliphatic heterocycles. The molecule has 0 saturated heterocycles. The fraction of sp³-hybridized carbons (Fsp3) is 0.250. The number of carbonyl (C=O) groups is 1. The second kappa shape index (κ2) is 6.19. The van der Waals surface area contributed by atoms with Gasteiger partial charge in [0.1, 0.15) is 0 Å². The van der Waals surface area contributed by atoms with Crippen LogP contribution in [0.5, 0.6) is 0 Å². The second-order valence-corrected chi connectivity index (χ2v) is 4.65. The molecule has 1 aromatic heterocycles. The molecule has 2 aromatic rings. The number of carbonyl (C=O) groups excluding carboxylic acids is 1. The number of hydrogen-bond acceptors (Lipinski definition) is 3. The van der Waals surface area contributed by atoms with Crippen LogP contribution >= 0.6 is 0 Å².